The third-order valence-electron chi connectivity index (χ3n) is 5.64. The number of anilines is 2. The molecule has 3 rings (SSSR count). The van der Waals surface area contributed by atoms with Crippen LogP contribution in [0.1, 0.15) is 37.0 Å². The molecule has 3 amide bonds. The third-order valence-corrected chi connectivity index (χ3v) is 5.64. The van der Waals surface area contributed by atoms with Crippen LogP contribution in [0.15, 0.2) is 36.4 Å². The Balaban J connectivity index is 1.54. The van der Waals surface area contributed by atoms with E-state index in [1.807, 2.05) is 46.8 Å². The van der Waals surface area contributed by atoms with Gasteiger partial charge < -0.3 is 20.3 Å². The number of hydrogen-bond acceptors (Lipinski definition) is 4. The van der Waals surface area contributed by atoms with Gasteiger partial charge in [0.1, 0.15) is 5.75 Å². The Labute approximate surface area is 195 Å². The number of nitrogens with one attached hydrogen (secondary N) is 2. The molecule has 0 bridgehead atoms. The molecule has 0 aromatic heterocycles. The number of aryl methyl sites for hydroxylation is 3. The fourth-order valence-electron chi connectivity index (χ4n) is 4.01. The first-order valence-corrected chi connectivity index (χ1v) is 11.3. The van der Waals surface area contributed by atoms with Crippen molar-refractivity contribution < 1.29 is 19.1 Å². The number of ether oxygens (including phenoxy) is 1. The van der Waals surface area contributed by atoms with Gasteiger partial charge in [-0.05, 0) is 62.1 Å². The molecule has 7 nitrogen and oxygen atoms in total. The van der Waals surface area contributed by atoms with Crippen LogP contribution in [-0.4, -0.2) is 37.4 Å². The lowest BCUT2D eigenvalue weighted by molar-refractivity contribution is -0.126. The molecule has 33 heavy (non-hydrogen) atoms. The fraction of sp³-hybridized carbons (Fsp3) is 0.423. The molecule has 1 aliphatic heterocycles. The van der Waals surface area contributed by atoms with E-state index in [4.69, 9.17) is 4.74 Å². The predicted octanol–water partition coefficient (Wildman–Crippen LogP) is 3.75. The maximum absolute atomic E-state index is 12.4. The van der Waals surface area contributed by atoms with Gasteiger partial charge in [0.2, 0.25) is 11.8 Å². The number of nitrogens with zero attached hydrogens (tertiary/aromatic N) is 1. The summed E-state index contributed by atoms with van der Waals surface area (Å²) >= 11 is 0. The first kappa shape index (κ1) is 24.3. The zero-order valence-corrected chi connectivity index (χ0v) is 20.0. The normalized spacial score (nSPS) is 15.6. The van der Waals surface area contributed by atoms with Crippen LogP contribution < -0.4 is 20.3 Å². The van der Waals surface area contributed by atoms with Crippen LogP contribution in [0.5, 0.6) is 5.75 Å². The van der Waals surface area contributed by atoms with Gasteiger partial charge in [-0.1, -0.05) is 31.5 Å². The second-order valence-corrected chi connectivity index (χ2v) is 9.15. The molecule has 0 saturated carbocycles. The van der Waals surface area contributed by atoms with Gasteiger partial charge in [-0.15, -0.1) is 0 Å². The first-order valence-electron chi connectivity index (χ1n) is 11.3. The molecule has 1 saturated heterocycles. The SMILES string of the molecule is Cc1cc(C)c(NC(=O)COc2ccc(N3C[C@@H](C(=O)NCC(C)C)CC3=O)cc2)c(C)c1. The quantitative estimate of drug-likeness (QED) is 0.640. The summed E-state index contributed by atoms with van der Waals surface area (Å²) in [5.74, 6) is 0.163. The van der Waals surface area contributed by atoms with Crippen LogP contribution in [0, 0.1) is 32.6 Å². The van der Waals surface area contributed by atoms with Crippen molar-refractivity contribution >= 4 is 29.1 Å². The zero-order valence-electron chi connectivity index (χ0n) is 20.0. The Hall–Kier alpha value is -3.35. The van der Waals surface area contributed by atoms with E-state index in [-0.39, 0.29) is 36.7 Å². The highest BCUT2D eigenvalue weighted by Crippen LogP contribution is 2.27. The fourth-order valence-corrected chi connectivity index (χ4v) is 4.01. The summed E-state index contributed by atoms with van der Waals surface area (Å²) in [6, 6.07) is 11.1. The van der Waals surface area contributed by atoms with Gasteiger partial charge in [0.25, 0.3) is 5.91 Å². The highest BCUT2D eigenvalue weighted by molar-refractivity contribution is 6.00. The van der Waals surface area contributed by atoms with E-state index in [9.17, 15) is 14.4 Å². The standard InChI is InChI=1S/C26H33N3O4/c1-16(2)13-27-26(32)20-12-24(31)29(14-20)21-6-8-22(9-7-21)33-15-23(30)28-25-18(4)10-17(3)11-19(25)5/h6-11,16,20H,12-15H2,1-5H3,(H,27,32)(H,28,30)/t20-/m0/s1. The summed E-state index contributed by atoms with van der Waals surface area (Å²) in [5.41, 5.74) is 4.69. The van der Waals surface area contributed by atoms with Gasteiger partial charge in [-0.25, -0.2) is 0 Å². The molecule has 0 radical (unpaired) electrons. The Morgan fingerprint density at radius 1 is 1.09 bits per heavy atom. The number of hydrogen-bond donors (Lipinski definition) is 2. The van der Waals surface area contributed by atoms with Gasteiger partial charge >= 0.3 is 0 Å². The number of amides is 3. The molecule has 1 atom stereocenters. The number of carbonyl (C=O) groups is 3. The summed E-state index contributed by atoms with van der Waals surface area (Å²) < 4.78 is 5.62. The van der Waals surface area contributed by atoms with E-state index in [0.29, 0.717) is 30.4 Å². The number of benzene rings is 2. The molecule has 2 aromatic carbocycles. The molecular weight excluding hydrogens is 418 g/mol. The van der Waals surface area contributed by atoms with Crippen molar-refractivity contribution in [2.45, 2.75) is 41.0 Å². The Morgan fingerprint density at radius 2 is 1.73 bits per heavy atom. The Bertz CT molecular complexity index is 1010. The molecule has 0 spiro atoms. The van der Waals surface area contributed by atoms with E-state index in [1.54, 1.807) is 29.2 Å². The zero-order chi connectivity index (χ0) is 24.1. The molecule has 1 heterocycles. The molecular formula is C26H33N3O4. The van der Waals surface area contributed by atoms with E-state index in [2.05, 4.69) is 10.6 Å². The highest BCUT2D eigenvalue weighted by Gasteiger charge is 2.35. The molecule has 0 aliphatic carbocycles. The minimum atomic E-state index is -0.343. The lowest BCUT2D eigenvalue weighted by Crippen LogP contribution is -2.35. The van der Waals surface area contributed by atoms with E-state index in [1.165, 1.54) is 0 Å². The van der Waals surface area contributed by atoms with Crippen LogP contribution in [0.3, 0.4) is 0 Å². The second kappa shape index (κ2) is 10.5. The largest absolute Gasteiger partial charge is 0.484 e. The third kappa shape index (κ3) is 6.34. The predicted molar refractivity (Wildman–Crippen MR) is 130 cm³/mol. The monoisotopic (exact) mass is 451 g/mol. The van der Waals surface area contributed by atoms with Crippen molar-refractivity contribution in [3.05, 3.63) is 53.1 Å². The van der Waals surface area contributed by atoms with Crippen LogP contribution in [0.2, 0.25) is 0 Å². The first-order chi connectivity index (χ1) is 15.6. The minimum Gasteiger partial charge on any atom is -0.484 e. The topological polar surface area (TPSA) is 87.7 Å². The van der Waals surface area contributed by atoms with E-state index >= 15 is 0 Å². The van der Waals surface area contributed by atoms with Gasteiger partial charge in [0.05, 0.1) is 5.92 Å². The van der Waals surface area contributed by atoms with Crippen molar-refractivity contribution in [1.29, 1.82) is 0 Å². The van der Waals surface area contributed by atoms with E-state index in [0.717, 1.165) is 22.4 Å². The molecule has 1 aliphatic rings. The molecule has 2 aromatic rings. The van der Waals surface area contributed by atoms with Crippen molar-refractivity contribution in [3.63, 3.8) is 0 Å². The summed E-state index contributed by atoms with van der Waals surface area (Å²) in [6.45, 7) is 10.9. The highest BCUT2D eigenvalue weighted by atomic mass is 16.5. The van der Waals surface area contributed by atoms with Crippen molar-refractivity contribution in [1.82, 2.24) is 5.32 Å². The van der Waals surface area contributed by atoms with Crippen molar-refractivity contribution in [3.8, 4) is 5.75 Å². The average Bonchev–Trinajstić information content (AvgIpc) is 3.15. The Morgan fingerprint density at radius 3 is 2.33 bits per heavy atom. The van der Waals surface area contributed by atoms with Crippen LogP contribution in [0.4, 0.5) is 11.4 Å². The van der Waals surface area contributed by atoms with E-state index < -0.39 is 0 Å². The van der Waals surface area contributed by atoms with Gasteiger partial charge in [-0.2, -0.15) is 0 Å². The van der Waals surface area contributed by atoms with Crippen LogP contribution in [0.25, 0.3) is 0 Å². The van der Waals surface area contributed by atoms with Crippen LogP contribution >= 0.6 is 0 Å². The maximum Gasteiger partial charge on any atom is 0.262 e. The molecule has 7 heteroatoms. The smallest absolute Gasteiger partial charge is 0.262 e. The molecule has 2 N–H and O–H groups in total. The van der Waals surface area contributed by atoms with Crippen molar-refractivity contribution in [2.24, 2.45) is 11.8 Å². The Kier molecular flexibility index (Phi) is 7.74. The van der Waals surface area contributed by atoms with Crippen LogP contribution in [-0.2, 0) is 14.4 Å². The minimum absolute atomic E-state index is 0.0726. The maximum atomic E-state index is 12.4. The van der Waals surface area contributed by atoms with Gasteiger partial charge in [0.15, 0.2) is 6.61 Å². The summed E-state index contributed by atoms with van der Waals surface area (Å²) in [4.78, 5) is 38.7. The lowest BCUT2D eigenvalue weighted by atomic mass is 10.1. The second-order valence-electron chi connectivity index (χ2n) is 9.15. The average molecular weight is 452 g/mol. The molecule has 176 valence electrons. The summed E-state index contributed by atoms with van der Waals surface area (Å²) in [6.07, 6.45) is 0.209. The molecule has 0 unspecified atom stereocenters. The van der Waals surface area contributed by atoms with Crippen molar-refractivity contribution in [2.75, 3.05) is 29.9 Å². The van der Waals surface area contributed by atoms with Gasteiger partial charge in [0, 0.05) is 30.9 Å². The molecule has 1 fully saturated rings. The number of carbonyl (C=O) groups excluding carboxylic acids is 3. The summed E-state index contributed by atoms with van der Waals surface area (Å²) in [5, 5.41) is 5.82. The number of rotatable bonds is 8. The van der Waals surface area contributed by atoms with Gasteiger partial charge in [-0.3, -0.25) is 14.4 Å². The lowest BCUT2D eigenvalue weighted by Gasteiger charge is -2.17. The summed E-state index contributed by atoms with van der Waals surface area (Å²) in [7, 11) is 0.